The van der Waals surface area contributed by atoms with Crippen LogP contribution in [0.4, 0.5) is 0 Å². The van der Waals surface area contributed by atoms with Crippen LogP contribution in [0.1, 0.15) is 251 Å². The molecule has 0 aromatic heterocycles. The number of rotatable bonds is 49. The highest BCUT2D eigenvalue weighted by atomic mass is 31.2. The third-order valence-electron chi connectivity index (χ3n) is 12.1. The Labute approximate surface area is 391 Å². The molecule has 0 aromatic rings. The Morgan fingerprint density at radius 1 is 0.540 bits per heavy atom. The lowest BCUT2D eigenvalue weighted by atomic mass is 10.0. The fourth-order valence-corrected chi connectivity index (χ4v) is 8.53. The summed E-state index contributed by atoms with van der Waals surface area (Å²) in [6.07, 6.45) is 57.8. The van der Waals surface area contributed by atoms with Gasteiger partial charge in [-0.15, -0.1) is 0 Å². The summed E-state index contributed by atoms with van der Waals surface area (Å²) < 4.78 is 23.3. The highest BCUT2D eigenvalue weighted by Crippen LogP contribution is 2.38. The van der Waals surface area contributed by atoms with E-state index >= 15 is 0 Å². The molecule has 0 saturated carbocycles. The van der Waals surface area contributed by atoms with E-state index < -0.39 is 26.6 Å². The monoisotopic (exact) mass is 909 g/mol. The minimum Gasteiger partial charge on any atom is -0.756 e. The molecule has 0 fully saturated rings. The fourth-order valence-electron chi connectivity index (χ4n) is 7.81. The number of aliphatic hydroxyl groups is 1. The summed E-state index contributed by atoms with van der Waals surface area (Å²) in [5.41, 5.74) is 0. The lowest BCUT2D eigenvalue weighted by Crippen LogP contribution is -2.45. The number of hydrogen-bond acceptors (Lipinski definition) is 6. The summed E-state index contributed by atoms with van der Waals surface area (Å²) in [6, 6.07) is -0.902. The number of quaternary nitrogens is 1. The molecule has 0 heterocycles. The van der Waals surface area contributed by atoms with Crippen LogP contribution >= 0.6 is 7.82 Å². The molecule has 3 unspecified atom stereocenters. The summed E-state index contributed by atoms with van der Waals surface area (Å²) in [5, 5.41) is 13.8. The van der Waals surface area contributed by atoms with Gasteiger partial charge in [0, 0.05) is 6.42 Å². The molecule has 0 bridgehead atoms. The first kappa shape index (κ1) is 61.7. The molecule has 0 spiro atoms. The van der Waals surface area contributed by atoms with Gasteiger partial charge in [-0.3, -0.25) is 9.36 Å². The van der Waals surface area contributed by atoms with E-state index in [-0.39, 0.29) is 12.5 Å². The van der Waals surface area contributed by atoms with E-state index in [2.05, 4.69) is 43.5 Å². The van der Waals surface area contributed by atoms with Crippen molar-refractivity contribution in [1.29, 1.82) is 0 Å². The molecule has 9 heteroatoms. The average Bonchev–Trinajstić information content (AvgIpc) is 3.24. The highest BCUT2D eigenvalue weighted by Gasteiger charge is 2.23. The number of hydrogen-bond donors (Lipinski definition) is 2. The lowest BCUT2D eigenvalue weighted by Gasteiger charge is -2.29. The van der Waals surface area contributed by atoms with Gasteiger partial charge in [-0.2, -0.15) is 0 Å². The molecule has 0 saturated heterocycles. The van der Waals surface area contributed by atoms with Crippen LogP contribution in [0, 0.1) is 0 Å². The lowest BCUT2D eigenvalue weighted by molar-refractivity contribution is -0.870. The fraction of sp³-hybridized carbons (Fsp3) is 0.870. The number of carbonyl (C=O) groups excluding carboxylic acids is 1. The van der Waals surface area contributed by atoms with E-state index in [1.165, 1.54) is 193 Å². The average molecular weight is 909 g/mol. The molecule has 0 radical (unpaired) electrons. The first-order valence-electron chi connectivity index (χ1n) is 26.9. The van der Waals surface area contributed by atoms with Gasteiger partial charge >= 0.3 is 0 Å². The second-order valence-corrected chi connectivity index (χ2v) is 21.0. The van der Waals surface area contributed by atoms with Crippen LogP contribution < -0.4 is 10.2 Å². The van der Waals surface area contributed by atoms with Gasteiger partial charge in [-0.25, -0.2) is 0 Å². The topological polar surface area (TPSA) is 108 Å². The number of phosphoric acid groups is 1. The summed E-state index contributed by atoms with van der Waals surface area (Å²) in [4.78, 5) is 25.4. The van der Waals surface area contributed by atoms with E-state index in [1.807, 2.05) is 27.2 Å². The zero-order chi connectivity index (χ0) is 46.4. The largest absolute Gasteiger partial charge is 0.756 e. The number of nitrogens with zero attached hydrogens (tertiary/aromatic N) is 1. The van der Waals surface area contributed by atoms with E-state index in [4.69, 9.17) is 9.05 Å². The summed E-state index contributed by atoms with van der Waals surface area (Å²) in [6.45, 7) is 4.65. The number of aliphatic hydroxyl groups excluding tert-OH is 1. The van der Waals surface area contributed by atoms with Crippen LogP contribution in [0.15, 0.2) is 36.5 Å². The minimum absolute atomic E-state index is 0.00582. The van der Waals surface area contributed by atoms with Gasteiger partial charge in [0.25, 0.3) is 7.82 Å². The Morgan fingerprint density at radius 2 is 0.889 bits per heavy atom. The molecule has 0 aromatic carbocycles. The second-order valence-electron chi connectivity index (χ2n) is 19.6. The highest BCUT2D eigenvalue weighted by molar-refractivity contribution is 7.45. The molecular formula is C54H105N2O6P. The summed E-state index contributed by atoms with van der Waals surface area (Å²) in [7, 11) is 1.25. The predicted octanol–water partition coefficient (Wildman–Crippen LogP) is 15.2. The maximum absolute atomic E-state index is 12.9. The quantitative estimate of drug-likeness (QED) is 0.0272. The Morgan fingerprint density at radius 3 is 1.29 bits per heavy atom. The van der Waals surface area contributed by atoms with Crippen LogP contribution in [-0.2, 0) is 18.4 Å². The Bertz CT molecular complexity index is 1120. The van der Waals surface area contributed by atoms with Crippen LogP contribution in [0.5, 0.6) is 0 Å². The molecule has 0 aliphatic heterocycles. The second kappa shape index (κ2) is 45.9. The molecule has 63 heavy (non-hydrogen) atoms. The van der Waals surface area contributed by atoms with Crippen molar-refractivity contribution in [2.45, 2.75) is 264 Å². The van der Waals surface area contributed by atoms with Crippen molar-refractivity contribution >= 4 is 13.7 Å². The van der Waals surface area contributed by atoms with Crippen molar-refractivity contribution in [2.24, 2.45) is 0 Å². The first-order chi connectivity index (χ1) is 30.5. The van der Waals surface area contributed by atoms with Gasteiger partial charge in [0.15, 0.2) is 0 Å². The SMILES string of the molecule is CCCCCCCCCC/C=C\CCCCCCCCCCCCCC(=O)NC(COP(=O)([O-])OCC[N+](C)(C)C)C(O)/C=C/CC/C=C/CCCCCCCCCCCCCC. The van der Waals surface area contributed by atoms with Gasteiger partial charge in [0.1, 0.15) is 13.2 Å². The number of phosphoric ester groups is 1. The van der Waals surface area contributed by atoms with Crippen molar-refractivity contribution in [1.82, 2.24) is 5.32 Å². The molecule has 0 aliphatic rings. The number of allylic oxidation sites excluding steroid dienone is 5. The minimum atomic E-state index is -4.60. The molecular weight excluding hydrogens is 804 g/mol. The Hall–Kier alpha value is -1.28. The Kier molecular flexibility index (Phi) is 44.9. The van der Waals surface area contributed by atoms with Gasteiger partial charge in [-0.05, 0) is 57.8 Å². The molecule has 1 amide bonds. The third-order valence-corrected chi connectivity index (χ3v) is 13.0. The van der Waals surface area contributed by atoms with E-state index in [1.54, 1.807) is 6.08 Å². The van der Waals surface area contributed by atoms with Crippen LogP contribution in [0.25, 0.3) is 0 Å². The summed E-state index contributed by atoms with van der Waals surface area (Å²) in [5.74, 6) is -0.206. The van der Waals surface area contributed by atoms with Crippen molar-refractivity contribution in [3.63, 3.8) is 0 Å². The number of carbonyl (C=O) groups is 1. The summed E-state index contributed by atoms with van der Waals surface area (Å²) >= 11 is 0. The van der Waals surface area contributed by atoms with Gasteiger partial charge in [0.05, 0.1) is 39.9 Å². The standard InChI is InChI=1S/C54H105N2O6P/c1-6-8-10-12-14-16-18-20-22-24-26-27-28-29-30-32-34-36-38-40-42-44-46-48-54(58)55-52(51-62-63(59,60)61-50-49-56(3,4)5)53(57)47-45-43-41-39-37-35-33-31-25-23-21-19-17-15-13-11-9-7-2/h24,26,37,39,45,47,52-53,57H,6-23,25,27-36,38,40-44,46,48-51H2,1-5H3,(H-,55,58,59,60)/b26-24-,39-37+,47-45+. The van der Waals surface area contributed by atoms with Gasteiger partial charge in [0.2, 0.25) is 5.91 Å². The maximum Gasteiger partial charge on any atom is 0.268 e. The van der Waals surface area contributed by atoms with Crippen molar-refractivity contribution in [3.8, 4) is 0 Å². The van der Waals surface area contributed by atoms with E-state index in [9.17, 15) is 19.4 Å². The van der Waals surface area contributed by atoms with Crippen molar-refractivity contribution < 1.29 is 32.9 Å². The first-order valence-corrected chi connectivity index (χ1v) is 28.3. The Balaban J connectivity index is 4.29. The molecule has 8 nitrogen and oxygen atoms in total. The van der Waals surface area contributed by atoms with Gasteiger partial charge < -0.3 is 28.8 Å². The van der Waals surface area contributed by atoms with E-state index in [0.29, 0.717) is 17.4 Å². The number of unbranched alkanes of at least 4 members (excludes halogenated alkanes) is 32. The predicted molar refractivity (Wildman–Crippen MR) is 270 cm³/mol. The van der Waals surface area contributed by atoms with Crippen LogP contribution in [-0.4, -0.2) is 68.5 Å². The number of likely N-dealkylation sites (N-methyl/N-ethyl adjacent to an activating group) is 1. The van der Waals surface area contributed by atoms with Crippen molar-refractivity contribution in [3.05, 3.63) is 36.5 Å². The van der Waals surface area contributed by atoms with Crippen LogP contribution in [0.2, 0.25) is 0 Å². The zero-order valence-electron chi connectivity index (χ0n) is 42.3. The number of nitrogens with one attached hydrogen (secondary N) is 1. The van der Waals surface area contributed by atoms with Gasteiger partial charge in [-0.1, -0.05) is 224 Å². The molecule has 0 rings (SSSR count). The number of amides is 1. The third kappa shape index (κ3) is 48.5. The zero-order valence-corrected chi connectivity index (χ0v) is 43.2. The molecule has 0 aliphatic carbocycles. The molecule has 2 N–H and O–H groups in total. The molecule has 372 valence electrons. The van der Waals surface area contributed by atoms with Crippen LogP contribution in [0.3, 0.4) is 0 Å². The smallest absolute Gasteiger partial charge is 0.268 e. The van der Waals surface area contributed by atoms with E-state index in [0.717, 1.165) is 38.5 Å². The maximum atomic E-state index is 12.9. The molecule has 3 atom stereocenters. The normalized spacial score (nSPS) is 14.3. The van der Waals surface area contributed by atoms with Crippen molar-refractivity contribution in [2.75, 3.05) is 40.9 Å².